The van der Waals surface area contributed by atoms with E-state index in [1.165, 1.54) is 5.57 Å². The molecule has 2 atom stereocenters. The van der Waals surface area contributed by atoms with Crippen molar-refractivity contribution in [1.29, 1.82) is 0 Å². The molecule has 0 amide bonds. The van der Waals surface area contributed by atoms with Gasteiger partial charge in [0.1, 0.15) is 12.7 Å². The lowest BCUT2D eigenvalue weighted by molar-refractivity contribution is 0.0948. The summed E-state index contributed by atoms with van der Waals surface area (Å²) in [7, 11) is 0. The molecule has 0 spiro atoms. The van der Waals surface area contributed by atoms with Crippen LogP contribution in [0.25, 0.3) is 0 Å². The van der Waals surface area contributed by atoms with Crippen molar-refractivity contribution in [3.8, 4) is 0 Å². The highest BCUT2D eigenvalue weighted by Crippen LogP contribution is 2.29. The quantitative estimate of drug-likeness (QED) is 0.461. The molecule has 0 bridgehead atoms. The zero-order valence-corrected chi connectivity index (χ0v) is 7.79. The van der Waals surface area contributed by atoms with Crippen LogP contribution in [0, 0.1) is 5.92 Å². The Labute approximate surface area is 77.7 Å². The molecule has 3 nitrogen and oxygen atoms in total. The lowest BCUT2D eigenvalue weighted by atomic mass is 9.86. The predicted octanol–water partition coefficient (Wildman–Crippen LogP) is 2.27. The first kappa shape index (κ1) is 8.60. The van der Waals surface area contributed by atoms with Crippen molar-refractivity contribution in [1.82, 2.24) is 0 Å². The Hall–Kier alpha value is -0.990. The Morgan fingerprint density at radius 1 is 1.54 bits per heavy atom. The van der Waals surface area contributed by atoms with Crippen LogP contribution in [-0.2, 0) is 9.47 Å². The van der Waals surface area contributed by atoms with E-state index in [-0.39, 0.29) is 6.10 Å². The summed E-state index contributed by atoms with van der Waals surface area (Å²) in [5, 5.41) is 0. The summed E-state index contributed by atoms with van der Waals surface area (Å²) in [4.78, 5) is 10.7. The van der Waals surface area contributed by atoms with Crippen molar-refractivity contribution in [2.24, 2.45) is 5.92 Å². The van der Waals surface area contributed by atoms with Crippen LogP contribution in [0.2, 0.25) is 0 Å². The number of hydrogen-bond acceptors (Lipinski definition) is 3. The largest absolute Gasteiger partial charge is 0.508 e. The van der Waals surface area contributed by atoms with Gasteiger partial charge in [0, 0.05) is 5.92 Å². The number of carbonyl (C=O) groups is 1. The van der Waals surface area contributed by atoms with E-state index < -0.39 is 6.16 Å². The average Bonchev–Trinajstić information content (AvgIpc) is 2.53. The summed E-state index contributed by atoms with van der Waals surface area (Å²) in [5.74, 6) is 0.468. The standard InChI is InChI=1S/C10H14O3/c1-7-2-4-8(5-3-7)9-6-12-10(11)13-9/h2,8-9H,3-6H2,1H3. The SMILES string of the molecule is CC1=CCC(C2COC(=O)O2)CC1. The highest BCUT2D eigenvalue weighted by atomic mass is 16.8. The van der Waals surface area contributed by atoms with Crippen molar-refractivity contribution in [2.75, 3.05) is 6.61 Å². The maximum absolute atomic E-state index is 10.7. The molecular formula is C10H14O3. The van der Waals surface area contributed by atoms with Crippen molar-refractivity contribution >= 4 is 6.16 Å². The van der Waals surface area contributed by atoms with Crippen LogP contribution in [-0.4, -0.2) is 18.9 Å². The van der Waals surface area contributed by atoms with Gasteiger partial charge in [0.2, 0.25) is 0 Å². The van der Waals surface area contributed by atoms with Crippen molar-refractivity contribution in [2.45, 2.75) is 32.3 Å². The summed E-state index contributed by atoms with van der Waals surface area (Å²) >= 11 is 0. The third-order valence-electron chi connectivity index (χ3n) is 2.82. The molecule has 1 fully saturated rings. The van der Waals surface area contributed by atoms with E-state index >= 15 is 0 Å². The van der Waals surface area contributed by atoms with Gasteiger partial charge in [0.05, 0.1) is 0 Å². The van der Waals surface area contributed by atoms with Gasteiger partial charge in [-0.05, 0) is 26.2 Å². The molecule has 1 saturated heterocycles. The molecule has 0 aromatic rings. The number of cyclic esters (lactones) is 2. The van der Waals surface area contributed by atoms with Gasteiger partial charge in [-0.25, -0.2) is 4.79 Å². The van der Waals surface area contributed by atoms with Crippen LogP contribution >= 0.6 is 0 Å². The highest BCUT2D eigenvalue weighted by Gasteiger charge is 2.32. The molecule has 0 N–H and O–H groups in total. The zero-order chi connectivity index (χ0) is 9.26. The molecule has 13 heavy (non-hydrogen) atoms. The van der Waals surface area contributed by atoms with Gasteiger partial charge >= 0.3 is 6.16 Å². The summed E-state index contributed by atoms with van der Waals surface area (Å²) in [5.41, 5.74) is 1.45. The van der Waals surface area contributed by atoms with Gasteiger partial charge in [0.25, 0.3) is 0 Å². The molecule has 2 unspecified atom stereocenters. The fourth-order valence-corrected chi connectivity index (χ4v) is 1.90. The second-order valence-corrected chi connectivity index (χ2v) is 3.80. The molecule has 3 heteroatoms. The first-order valence-electron chi connectivity index (χ1n) is 4.75. The number of hydrogen-bond donors (Lipinski definition) is 0. The number of carbonyl (C=O) groups excluding carboxylic acids is 1. The van der Waals surface area contributed by atoms with Gasteiger partial charge in [-0.3, -0.25) is 0 Å². The summed E-state index contributed by atoms with van der Waals surface area (Å²) in [6, 6.07) is 0. The highest BCUT2D eigenvalue weighted by molar-refractivity contribution is 5.61. The monoisotopic (exact) mass is 182 g/mol. The van der Waals surface area contributed by atoms with Gasteiger partial charge in [-0.15, -0.1) is 0 Å². The van der Waals surface area contributed by atoms with Gasteiger partial charge in [0.15, 0.2) is 0 Å². The molecule has 0 saturated carbocycles. The van der Waals surface area contributed by atoms with E-state index in [2.05, 4.69) is 13.0 Å². The van der Waals surface area contributed by atoms with Crippen LogP contribution in [0.5, 0.6) is 0 Å². The first-order valence-corrected chi connectivity index (χ1v) is 4.75. The Bertz CT molecular complexity index is 245. The van der Waals surface area contributed by atoms with Crippen molar-refractivity contribution in [3.63, 3.8) is 0 Å². The third-order valence-corrected chi connectivity index (χ3v) is 2.82. The first-order chi connectivity index (χ1) is 6.25. The minimum atomic E-state index is -0.503. The molecule has 0 aromatic carbocycles. The van der Waals surface area contributed by atoms with Crippen molar-refractivity contribution < 1.29 is 14.3 Å². The molecule has 1 heterocycles. The smallest absolute Gasteiger partial charge is 0.430 e. The molecule has 2 aliphatic rings. The predicted molar refractivity (Wildman–Crippen MR) is 47.3 cm³/mol. The maximum Gasteiger partial charge on any atom is 0.508 e. The fourth-order valence-electron chi connectivity index (χ4n) is 1.90. The zero-order valence-electron chi connectivity index (χ0n) is 7.79. The Balaban J connectivity index is 1.92. The topological polar surface area (TPSA) is 35.5 Å². The average molecular weight is 182 g/mol. The molecule has 72 valence electrons. The number of allylic oxidation sites excluding steroid dienone is 2. The molecule has 1 aliphatic heterocycles. The molecule has 0 aromatic heterocycles. The van der Waals surface area contributed by atoms with Crippen LogP contribution in [0.3, 0.4) is 0 Å². The van der Waals surface area contributed by atoms with Crippen LogP contribution in [0.4, 0.5) is 4.79 Å². The normalized spacial score (nSPS) is 33.6. The Kier molecular flexibility index (Phi) is 2.25. The molecule has 1 aliphatic carbocycles. The van der Waals surface area contributed by atoms with Crippen LogP contribution < -0.4 is 0 Å². The Morgan fingerprint density at radius 2 is 2.38 bits per heavy atom. The molecule has 0 radical (unpaired) electrons. The fraction of sp³-hybridized carbons (Fsp3) is 0.700. The summed E-state index contributed by atoms with van der Waals surface area (Å²) in [6.45, 7) is 2.59. The van der Waals surface area contributed by atoms with Gasteiger partial charge in [-0.1, -0.05) is 11.6 Å². The lowest BCUT2D eigenvalue weighted by Crippen LogP contribution is -2.24. The van der Waals surface area contributed by atoms with E-state index in [4.69, 9.17) is 9.47 Å². The summed E-state index contributed by atoms with van der Waals surface area (Å²) in [6.07, 6.45) is 4.99. The van der Waals surface area contributed by atoms with E-state index in [1.54, 1.807) is 0 Å². The summed E-state index contributed by atoms with van der Waals surface area (Å²) < 4.78 is 9.81. The van der Waals surface area contributed by atoms with E-state index in [0.717, 1.165) is 19.3 Å². The minimum absolute atomic E-state index is 0.00292. The van der Waals surface area contributed by atoms with Crippen LogP contribution in [0.1, 0.15) is 26.2 Å². The minimum Gasteiger partial charge on any atom is -0.430 e. The number of rotatable bonds is 1. The lowest BCUT2D eigenvalue weighted by Gasteiger charge is -2.23. The number of ether oxygens (including phenoxy) is 2. The second-order valence-electron chi connectivity index (χ2n) is 3.80. The second kappa shape index (κ2) is 3.40. The van der Waals surface area contributed by atoms with E-state index in [9.17, 15) is 4.79 Å². The van der Waals surface area contributed by atoms with Gasteiger partial charge < -0.3 is 9.47 Å². The van der Waals surface area contributed by atoms with Crippen LogP contribution in [0.15, 0.2) is 11.6 Å². The molecular weight excluding hydrogens is 168 g/mol. The Morgan fingerprint density at radius 3 is 2.92 bits per heavy atom. The molecule has 2 rings (SSSR count). The third kappa shape index (κ3) is 1.85. The van der Waals surface area contributed by atoms with E-state index in [1.807, 2.05) is 0 Å². The van der Waals surface area contributed by atoms with Crippen molar-refractivity contribution in [3.05, 3.63) is 11.6 Å². The van der Waals surface area contributed by atoms with E-state index in [0.29, 0.717) is 12.5 Å². The van der Waals surface area contributed by atoms with Gasteiger partial charge in [-0.2, -0.15) is 0 Å². The maximum atomic E-state index is 10.7.